The van der Waals surface area contributed by atoms with Gasteiger partial charge in [0.2, 0.25) is 11.8 Å². The highest BCUT2D eigenvalue weighted by molar-refractivity contribution is 7.92. The summed E-state index contributed by atoms with van der Waals surface area (Å²) in [5.41, 5.74) is 2.55. The molecular formula is C20H17N3O4S2. The zero-order valence-electron chi connectivity index (χ0n) is 15.5. The number of thiazole rings is 1. The van der Waals surface area contributed by atoms with Crippen molar-refractivity contribution in [2.45, 2.75) is 24.7 Å². The molecule has 2 amide bonds. The smallest absolute Gasteiger partial charge is 0.261 e. The number of anilines is 2. The normalized spacial score (nSPS) is 14.4. The Balaban J connectivity index is 1.51. The topological polar surface area (TPSA) is 96.4 Å². The molecule has 0 radical (unpaired) electrons. The van der Waals surface area contributed by atoms with Gasteiger partial charge >= 0.3 is 0 Å². The molecule has 0 bridgehead atoms. The molecule has 1 aliphatic rings. The highest BCUT2D eigenvalue weighted by Crippen LogP contribution is 2.26. The summed E-state index contributed by atoms with van der Waals surface area (Å²) in [6.07, 6.45) is 0.355. The summed E-state index contributed by atoms with van der Waals surface area (Å²) in [5.74, 6) is -0.557. The van der Waals surface area contributed by atoms with Crippen molar-refractivity contribution < 1.29 is 18.0 Å². The van der Waals surface area contributed by atoms with E-state index in [0.29, 0.717) is 11.4 Å². The first-order valence-electron chi connectivity index (χ1n) is 8.85. The van der Waals surface area contributed by atoms with Gasteiger partial charge in [0, 0.05) is 29.5 Å². The van der Waals surface area contributed by atoms with Gasteiger partial charge in [0.05, 0.1) is 21.3 Å². The summed E-state index contributed by atoms with van der Waals surface area (Å²) < 4.78 is 27.8. The van der Waals surface area contributed by atoms with Gasteiger partial charge in [0.15, 0.2) is 0 Å². The molecule has 2 heterocycles. The highest BCUT2D eigenvalue weighted by Gasteiger charge is 2.30. The predicted molar refractivity (Wildman–Crippen MR) is 111 cm³/mol. The van der Waals surface area contributed by atoms with Crippen LogP contribution in [0, 0.1) is 6.92 Å². The van der Waals surface area contributed by atoms with E-state index in [1.54, 1.807) is 35.6 Å². The molecule has 0 atom stereocenters. The van der Waals surface area contributed by atoms with Gasteiger partial charge in [0.1, 0.15) is 0 Å². The molecule has 0 unspecified atom stereocenters. The first-order valence-corrected chi connectivity index (χ1v) is 11.2. The highest BCUT2D eigenvalue weighted by atomic mass is 32.2. The summed E-state index contributed by atoms with van der Waals surface area (Å²) in [4.78, 5) is 29.2. The number of rotatable bonds is 5. The molecule has 0 spiro atoms. The number of aryl methyl sites for hydroxylation is 1. The van der Waals surface area contributed by atoms with Crippen molar-refractivity contribution in [3.8, 4) is 11.3 Å². The molecule has 3 aromatic rings. The van der Waals surface area contributed by atoms with E-state index < -0.39 is 10.0 Å². The molecule has 4 rings (SSSR count). The van der Waals surface area contributed by atoms with Gasteiger partial charge < -0.3 is 0 Å². The van der Waals surface area contributed by atoms with Crippen LogP contribution >= 0.6 is 11.3 Å². The monoisotopic (exact) mass is 427 g/mol. The number of aromatic nitrogens is 1. The minimum atomic E-state index is -3.81. The van der Waals surface area contributed by atoms with Crippen molar-refractivity contribution in [2.75, 3.05) is 9.62 Å². The maximum Gasteiger partial charge on any atom is 0.261 e. The van der Waals surface area contributed by atoms with Crippen LogP contribution in [-0.4, -0.2) is 25.2 Å². The fourth-order valence-electron chi connectivity index (χ4n) is 3.06. The minimum absolute atomic E-state index is 0.0412. The number of nitrogens with one attached hydrogen (secondary N) is 1. The molecule has 2 aromatic carbocycles. The third-order valence-electron chi connectivity index (χ3n) is 4.51. The maximum atomic E-state index is 12.7. The molecule has 0 aliphatic carbocycles. The molecule has 1 aromatic heterocycles. The fourth-order valence-corrected chi connectivity index (χ4v) is 4.74. The van der Waals surface area contributed by atoms with E-state index in [4.69, 9.17) is 0 Å². The molecule has 9 heteroatoms. The van der Waals surface area contributed by atoms with Crippen LogP contribution in [0.1, 0.15) is 17.8 Å². The average molecular weight is 428 g/mol. The Hall–Kier alpha value is -3.04. The van der Waals surface area contributed by atoms with Crippen LogP contribution in [0.25, 0.3) is 11.3 Å². The summed E-state index contributed by atoms with van der Waals surface area (Å²) in [7, 11) is -3.81. The Bertz CT molecular complexity index is 1170. The van der Waals surface area contributed by atoms with E-state index in [-0.39, 0.29) is 29.6 Å². The van der Waals surface area contributed by atoms with E-state index in [2.05, 4.69) is 9.71 Å². The Morgan fingerprint density at radius 3 is 2.14 bits per heavy atom. The fraction of sp³-hybridized carbons (Fsp3) is 0.150. The largest absolute Gasteiger partial charge is 0.280 e. The lowest BCUT2D eigenvalue weighted by Crippen LogP contribution is -2.28. The van der Waals surface area contributed by atoms with Crippen LogP contribution in [0.2, 0.25) is 0 Å². The van der Waals surface area contributed by atoms with Gasteiger partial charge in [-0.15, -0.1) is 11.3 Å². The molecule has 29 heavy (non-hydrogen) atoms. The van der Waals surface area contributed by atoms with E-state index >= 15 is 0 Å². The van der Waals surface area contributed by atoms with Crippen LogP contribution < -0.4 is 9.62 Å². The Morgan fingerprint density at radius 1 is 0.966 bits per heavy atom. The number of nitrogens with zero attached hydrogens (tertiary/aromatic N) is 2. The second-order valence-electron chi connectivity index (χ2n) is 6.55. The lowest BCUT2D eigenvalue weighted by atomic mass is 10.1. The van der Waals surface area contributed by atoms with Crippen LogP contribution in [0.5, 0.6) is 0 Å². The third kappa shape index (κ3) is 3.92. The van der Waals surface area contributed by atoms with Gasteiger partial charge in [0.25, 0.3) is 10.0 Å². The van der Waals surface area contributed by atoms with E-state index in [1.807, 2.05) is 12.3 Å². The van der Waals surface area contributed by atoms with Crippen LogP contribution in [-0.2, 0) is 19.6 Å². The molecule has 1 aliphatic heterocycles. The molecule has 7 nitrogen and oxygen atoms in total. The Labute approximate surface area is 172 Å². The van der Waals surface area contributed by atoms with Gasteiger partial charge in [-0.2, -0.15) is 0 Å². The predicted octanol–water partition coefficient (Wildman–Crippen LogP) is 3.57. The number of benzene rings is 2. The van der Waals surface area contributed by atoms with Crippen LogP contribution in [0.4, 0.5) is 11.4 Å². The Kier molecular flexibility index (Phi) is 4.93. The average Bonchev–Trinajstić information content (AvgIpc) is 3.27. The number of amides is 2. The molecule has 1 fully saturated rings. The van der Waals surface area contributed by atoms with Gasteiger partial charge in [-0.3, -0.25) is 19.2 Å². The lowest BCUT2D eigenvalue weighted by Gasteiger charge is -2.14. The Morgan fingerprint density at radius 2 is 1.59 bits per heavy atom. The summed E-state index contributed by atoms with van der Waals surface area (Å²) in [5, 5.41) is 2.91. The zero-order chi connectivity index (χ0) is 20.6. The number of hydrogen-bond acceptors (Lipinski definition) is 6. The third-order valence-corrected chi connectivity index (χ3v) is 6.68. The first kappa shape index (κ1) is 19.3. The van der Waals surface area contributed by atoms with Crippen molar-refractivity contribution in [2.24, 2.45) is 0 Å². The number of imide groups is 1. The zero-order valence-corrected chi connectivity index (χ0v) is 17.1. The van der Waals surface area contributed by atoms with E-state index in [0.717, 1.165) is 21.2 Å². The standard InChI is InChI=1S/C20H17N3O4S2/c1-13-21-18(12-28-13)14-2-4-15(5-3-14)22-29(26,27)17-8-6-16(7-9-17)23-19(24)10-11-20(23)25/h2-9,12,22H,10-11H2,1H3. The first-order chi connectivity index (χ1) is 13.8. The van der Waals surface area contributed by atoms with Crippen molar-refractivity contribution in [3.63, 3.8) is 0 Å². The molecule has 1 saturated heterocycles. The van der Waals surface area contributed by atoms with Gasteiger partial charge in [-0.05, 0) is 43.3 Å². The van der Waals surface area contributed by atoms with Crippen molar-refractivity contribution in [3.05, 3.63) is 58.9 Å². The number of hydrogen-bond donors (Lipinski definition) is 1. The summed E-state index contributed by atoms with van der Waals surface area (Å²) in [6, 6.07) is 12.6. The second-order valence-corrected chi connectivity index (χ2v) is 9.30. The molecule has 0 saturated carbocycles. The summed E-state index contributed by atoms with van der Waals surface area (Å²) >= 11 is 1.55. The molecule has 148 valence electrons. The van der Waals surface area contributed by atoms with Crippen molar-refractivity contribution >= 4 is 44.5 Å². The molecular weight excluding hydrogens is 410 g/mol. The number of sulfonamides is 1. The van der Waals surface area contributed by atoms with Gasteiger partial charge in [-0.1, -0.05) is 12.1 Å². The number of carbonyl (C=O) groups is 2. The molecule has 1 N–H and O–H groups in total. The van der Waals surface area contributed by atoms with Crippen LogP contribution in [0.3, 0.4) is 0 Å². The van der Waals surface area contributed by atoms with Crippen molar-refractivity contribution in [1.82, 2.24) is 4.98 Å². The quantitative estimate of drug-likeness (QED) is 0.628. The maximum absolute atomic E-state index is 12.7. The van der Waals surface area contributed by atoms with Gasteiger partial charge in [-0.25, -0.2) is 13.4 Å². The van der Waals surface area contributed by atoms with Crippen molar-refractivity contribution in [1.29, 1.82) is 0 Å². The van der Waals surface area contributed by atoms with E-state index in [1.165, 1.54) is 24.3 Å². The summed E-state index contributed by atoms with van der Waals surface area (Å²) in [6.45, 7) is 1.93. The minimum Gasteiger partial charge on any atom is -0.280 e. The second kappa shape index (κ2) is 7.41. The van der Waals surface area contributed by atoms with Crippen LogP contribution in [0.15, 0.2) is 58.8 Å². The van der Waals surface area contributed by atoms with E-state index in [9.17, 15) is 18.0 Å². The lowest BCUT2D eigenvalue weighted by molar-refractivity contribution is -0.121. The number of carbonyl (C=O) groups excluding carboxylic acids is 2. The SMILES string of the molecule is Cc1nc(-c2ccc(NS(=O)(=O)c3ccc(N4C(=O)CCC4=O)cc3)cc2)cs1.